The average molecular weight is 331 g/mol. The molecule has 0 spiro atoms. The van der Waals surface area contributed by atoms with Gasteiger partial charge in [-0.15, -0.1) is 0 Å². The summed E-state index contributed by atoms with van der Waals surface area (Å²) in [5.74, 6) is -0.969. The summed E-state index contributed by atoms with van der Waals surface area (Å²) in [5.41, 5.74) is 3.56. The topological polar surface area (TPSA) is 55.1 Å². The second-order valence-corrected chi connectivity index (χ2v) is 5.40. The third-order valence-corrected chi connectivity index (χ3v) is 3.80. The number of benzene rings is 2. The average Bonchev–Trinajstić information content (AvgIpc) is 2.82. The molecular formula is C15H11BrN2O2. The minimum atomic E-state index is -0.969. The Morgan fingerprint density at radius 1 is 1.30 bits per heavy atom. The maximum absolute atomic E-state index is 11.2. The standard InChI is InChI=1S/C15H11BrN2O2/c1-9-5-6-12(11(16)7-9)18-8-17-14-10(15(19)20)3-2-4-13(14)18/h2-8H,1H3,(H,19,20). The zero-order valence-electron chi connectivity index (χ0n) is 10.7. The minimum Gasteiger partial charge on any atom is -0.478 e. The van der Waals surface area contributed by atoms with Crippen LogP contribution in [0.15, 0.2) is 47.2 Å². The third-order valence-electron chi connectivity index (χ3n) is 3.17. The third kappa shape index (κ3) is 2.00. The van der Waals surface area contributed by atoms with E-state index in [4.69, 9.17) is 0 Å². The van der Waals surface area contributed by atoms with Gasteiger partial charge in [-0.05, 0) is 52.7 Å². The van der Waals surface area contributed by atoms with Gasteiger partial charge in [-0.2, -0.15) is 0 Å². The number of imidazole rings is 1. The molecule has 0 radical (unpaired) electrons. The first-order valence-corrected chi connectivity index (χ1v) is 6.83. The molecule has 0 unspecified atom stereocenters. The fourth-order valence-corrected chi connectivity index (χ4v) is 2.90. The first-order valence-electron chi connectivity index (χ1n) is 6.04. The Morgan fingerprint density at radius 2 is 2.10 bits per heavy atom. The van der Waals surface area contributed by atoms with Gasteiger partial charge in [0.15, 0.2) is 0 Å². The van der Waals surface area contributed by atoms with E-state index in [0.29, 0.717) is 5.52 Å². The second-order valence-electron chi connectivity index (χ2n) is 4.55. The highest BCUT2D eigenvalue weighted by Gasteiger charge is 2.14. The summed E-state index contributed by atoms with van der Waals surface area (Å²) in [4.78, 5) is 15.5. The van der Waals surface area contributed by atoms with Crippen LogP contribution in [0.3, 0.4) is 0 Å². The lowest BCUT2D eigenvalue weighted by atomic mass is 10.2. The van der Waals surface area contributed by atoms with E-state index in [0.717, 1.165) is 21.2 Å². The van der Waals surface area contributed by atoms with Crippen LogP contribution in [0.4, 0.5) is 0 Å². The van der Waals surface area contributed by atoms with Crippen LogP contribution in [-0.4, -0.2) is 20.6 Å². The molecule has 0 saturated carbocycles. The van der Waals surface area contributed by atoms with Gasteiger partial charge in [-0.25, -0.2) is 9.78 Å². The summed E-state index contributed by atoms with van der Waals surface area (Å²) in [5, 5.41) is 9.20. The fraction of sp³-hybridized carbons (Fsp3) is 0.0667. The van der Waals surface area contributed by atoms with Crippen LogP contribution in [0, 0.1) is 6.92 Å². The molecule has 0 atom stereocenters. The quantitative estimate of drug-likeness (QED) is 0.777. The normalized spacial score (nSPS) is 10.9. The lowest BCUT2D eigenvalue weighted by molar-refractivity contribution is 0.0699. The number of carbonyl (C=O) groups is 1. The molecule has 100 valence electrons. The highest BCUT2D eigenvalue weighted by atomic mass is 79.9. The van der Waals surface area contributed by atoms with E-state index in [1.807, 2.05) is 35.8 Å². The lowest BCUT2D eigenvalue weighted by Crippen LogP contribution is -1.98. The van der Waals surface area contributed by atoms with E-state index in [9.17, 15) is 9.90 Å². The Morgan fingerprint density at radius 3 is 2.80 bits per heavy atom. The number of fused-ring (bicyclic) bond motifs is 1. The van der Waals surface area contributed by atoms with Crippen LogP contribution in [-0.2, 0) is 0 Å². The van der Waals surface area contributed by atoms with Gasteiger partial charge >= 0.3 is 5.97 Å². The van der Waals surface area contributed by atoms with Crippen molar-refractivity contribution in [1.29, 1.82) is 0 Å². The van der Waals surface area contributed by atoms with E-state index in [2.05, 4.69) is 20.9 Å². The van der Waals surface area contributed by atoms with E-state index in [-0.39, 0.29) is 5.56 Å². The van der Waals surface area contributed by atoms with E-state index < -0.39 is 5.97 Å². The van der Waals surface area contributed by atoms with Gasteiger partial charge < -0.3 is 5.11 Å². The van der Waals surface area contributed by atoms with Crippen molar-refractivity contribution in [3.8, 4) is 5.69 Å². The van der Waals surface area contributed by atoms with Crippen LogP contribution < -0.4 is 0 Å². The Labute approximate surface area is 123 Å². The molecule has 0 aliphatic carbocycles. The molecule has 0 aliphatic rings. The van der Waals surface area contributed by atoms with Crippen LogP contribution in [0.2, 0.25) is 0 Å². The summed E-state index contributed by atoms with van der Waals surface area (Å²) >= 11 is 3.54. The van der Waals surface area contributed by atoms with Crippen molar-refractivity contribution in [2.24, 2.45) is 0 Å². The molecule has 1 heterocycles. The SMILES string of the molecule is Cc1ccc(-n2cnc3c(C(=O)O)cccc32)c(Br)c1. The Hall–Kier alpha value is -2.14. The molecule has 20 heavy (non-hydrogen) atoms. The van der Waals surface area contributed by atoms with Crippen molar-refractivity contribution in [1.82, 2.24) is 9.55 Å². The van der Waals surface area contributed by atoms with Gasteiger partial charge in [0.1, 0.15) is 11.8 Å². The van der Waals surface area contributed by atoms with Gasteiger partial charge in [0, 0.05) is 4.47 Å². The van der Waals surface area contributed by atoms with Crippen molar-refractivity contribution in [3.05, 3.63) is 58.3 Å². The molecule has 2 aromatic carbocycles. The second kappa shape index (κ2) is 4.76. The van der Waals surface area contributed by atoms with E-state index in [1.165, 1.54) is 0 Å². The highest BCUT2D eigenvalue weighted by Crippen LogP contribution is 2.27. The molecule has 0 saturated heterocycles. The number of hydrogen-bond donors (Lipinski definition) is 1. The predicted molar refractivity (Wildman–Crippen MR) is 80.5 cm³/mol. The fourth-order valence-electron chi connectivity index (χ4n) is 2.21. The highest BCUT2D eigenvalue weighted by molar-refractivity contribution is 9.10. The number of rotatable bonds is 2. The maximum atomic E-state index is 11.2. The van der Waals surface area contributed by atoms with E-state index in [1.54, 1.807) is 18.5 Å². The van der Waals surface area contributed by atoms with Gasteiger partial charge in [-0.1, -0.05) is 12.1 Å². The first-order chi connectivity index (χ1) is 9.58. The van der Waals surface area contributed by atoms with Gasteiger partial charge in [-0.3, -0.25) is 4.57 Å². The van der Waals surface area contributed by atoms with Crippen LogP contribution in [0.25, 0.3) is 16.7 Å². The Kier molecular flexibility index (Phi) is 3.06. The van der Waals surface area contributed by atoms with Gasteiger partial charge in [0.05, 0.1) is 16.8 Å². The molecule has 0 bridgehead atoms. The van der Waals surface area contributed by atoms with Gasteiger partial charge in [0.25, 0.3) is 0 Å². The summed E-state index contributed by atoms with van der Waals surface area (Å²) in [6.07, 6.45) is 1.65. The van der Waals surface area contributed by atoms with Crippen molar-refractivity contribution in [2.45, 2.75) is 6.92 Å². The van der Waals surface area contributed by atoms with Crippen LogP contribution in [0.1, 0.15) is 15.9 Å². The number of hydrogen-bond acceptors (Lipinski definition) is 2. The first kappa shape index (κ1) is 12.9. The molecular weight excluding hydrogens is 320 g/mol. The molecule has 3 aromatic rings. The van der Waals surface area contributed by atoms with Gasteiger partial charge in [0.2, 0.25) is 0 Å². The zero-order valence-corrected chi connectivity index (χ0v) is 12.3. The van der Waals surface area contributed by atoms with Crippen molar-refractivity contribution < 1.29 is 9.90 Å². The number of aromatic nitrogens is 2. The zero-order chi connectivity index (χ0) is 14.3. The van der Waals surface area contributed by atoms with Crippen molar-refractivity contribution in [3.63, 3.8) is 0 Å². The Balaban J connectivity index is 2.28. The number of aryl methyl sites for hydroxylation is 1. The van der Waals surface area contributed by atoms with Crippen LogP contribution in [0.5, 0.6) is 0 Å². The molecule has 0 aliphatic heterocycles. The Bertz CT molecular complexity index is 824. The number of carboxylic acids is 1. The number of para-hydroxylation sites is 1. The summed E-state index contributed by atoms with van der Waals surface area (Å²) < 4.78 is 2.82. The molecule has 3 rings (SSSR count). The van der Waals surface area contributed by atoms with E-state index >= 15 is 0 Å². The number of nitrogens with zero attached hydrogens (tertiary/aromatic N) is 2. The molecule has 5 heteroatoms. The molecule has 4 nitrogen and oxygen atoms in total. The molecule has 0 amide bonds. The number of aromatic carboxylic acids is 1. The maximum Gasteiger partial charge on any atom is 0.337 e. The minimum absolute atomic E-state index is 0.212. The number of carboxylic acid groups (broad SMARTS) is 1. The molecule has 1 aromatic heterocycles. The summed E-state index contributed by atoms with van der Waals surface area (Å²) in [6.45, 7) is 2.02. The summed E-state index contributed by atoms with van der Waals surface area (Å²) in [6, 6.07) is 11.2. The molecule has 0 fully saturated rings. The van der Waals surface area contributed by atoms with Crippen molar-refractivity contribution in [2.75, 3.05) is 0 Å². The predicted octanol–water partition coefficient (Wildman–Crippen LogP) is 3.79. The molecule has 1 N–H and O–H groups in total. The summed E-state index contributed by atoms with van der Waals surface area (Å²) in [7, 11) is 0. The smallest absolute Gasteiger partial charge is 0.337 e. The number of halogens is 1. The van der Waals surface area contributed by atoms with Crippen LogP contribution >= 0.6 is 15.9 Å². The van der Waals surface area contributed by atoms with Crippen molar-refractivity contribution >= 4 is 32.9 Å². The lowest BCUT2D eigenvalue weighted by Gasteiger charge is -2.08. The monoisotopic (exact) mass is 330 g/mol. The largest absolute Gasteiger partial charge is 0.478 e.